The summed E-state index contributed by atoms with van der Waals surface area (Å²) in [5.74, 6) is 0.875. The van der Waals surface area contributed by atoms with Gasteiger partial charge in [-0.25, -0.2) is 0 Å². The largest absolute Gasteiger partial charge is 0.383 e. The van der Waals surface area contributed by atoms with E-state index in [1.54, 1.807) is 13.3 Å². The minimum Gasteiger partial charge on any atom is -0.383 e. The highest BCUT2D eigenvalue weighted by Crippen LogP contribution is 2.09. The standard InChI is InChI=1S/C12H19N5O/c1-4-13-10(8-18-3)7-11-12-16-15-9(2)17(12)6-5-14-11/h5-6,10,13H,4,7-8H2,1-3H3. The lowest BCUT2D eigenvalue weighted by Gasteiger charge is -2.16. The predicted octanol–water partition coefficient (Wildman–Crippen LogP) is 0.600. The predicted molar refractivity (Wildman–Crippen MR) is 68.6 cm³/mol. The van der Waals surface area contributed by atoms with Gasteiger partial charge in [-0.2, -0.15) is 0 Å². The van der Waals surface area contributed by atoms with E-state index in [-0.39, 0.29) is 6.04 Å². The summed E-state index contributed by atoms with van der Waals surface area (Å²) in [6.45, 7) is 5.57. The van der Waals surface area contributed by atoms with Gasteiger partial charge in [0.25, 0.3) is 0 Å². The summed E-state index contributed by atoms with van der Waals surface area (Å²) in [6.07, 6.45) is 4.45. The first-order chi connectivity index (χ1) is 8.76. The molecule has 0 radical (unpaired) electrons. The van der Waals surface area contributed by atoms with Crippen molar-refractivity contribution in [1.29, 1.82) is 0 Å². The molecular formula is C12H19N5O. The molecule has 0 aliphatic carbocycles. The van der Waals surface area contributed by atoms with Gasteiger partial charge in [-0.1, -0.05) is 6.92 Å². The van der Waals surface area contributed by atoms with Crippen LogP contribution in [-0.2, 0) is 11.2 Å². The molecule has 0 saturated carbocycles. The first kappa shape index (κ1) is 12.9. The Morgan fingerprint density at radius 3 is 3.00 bits per heavy atom. The fourth-order valence-electron chi connectivity index (χ4n) is 2.05. The van der Waals surface area contributed by atoms with Gasteiger partial charge in [-0.05, 0) is 13.5 Å². The molecule has 2 heterocycles. The highest BCUT2D eigenvalue weighted by atomic mass is 16.5. The topological polar surface area (TPSA) is 64.3 Å². The zero-order valence-corrected chi connectivity index (χ0v) is 11.1. The van der Waals surface area contributed by atoms with Gasteiger partial charge in [0.2, 0.25) is 0 Å². The number of likely N-dealkylation sites (N-methyl/N-ethyl adjacent to an activating group) is 1. The number of aryl methyl sites for hydroxylation is 1. The maximum absolute atomic E-state index is 5.21. The minimum absolute atomic E-state index is 0.246. The van der Waals surface area contributed by atoms with E-state index >= 15 is 0 Å². The van der Waals surface area contributed by atoms with Crippen LogP contribution in [0.25, 0.3) is 5.65 Å². The van der Waals surface area contributed by atoms with Crippen molar-refractivity contribution in [2.24, 2.45) is 0 Å². The molecule has 1 atom stereocenters. The fourth-order valence-corrected chi connectivity index (χ4v) is 2.05. The fraction of sp³-hybridized carbons (Fsp3) is 0.583. The van der Waals surface area contributed by atoms with Crippen LogP contribution in [0.1, 0.15) is 18.4 Å². The van der Waals surface area contributed by atoms with Gasteiger partial charge < -0.3 is 10.1 Å². The molecule has 98 valence electrons. The zero-order chi connectivity index (χ0) is 13.0. The highest BCUT2D eigenvalue weighted by molar-refractivity contribution is 5.43. The third-order valence-electron chi connectivity index (χ3n) is 2.87. The molecule has 2 rings (SSSR count). The van der Waals surface area contributed by atoms with Gasteiger partial charge in [0.1, 0.15) is 5.82 Å². The van der Waals surface area contributed by atoms with Crippen molar-refractivity contribution in [3.63, 3.8) is 0 Å². The molecule has 0 aliphatic rings. The van der Waals surface area contributed by atoms with Crippen molar-refractivity contribution < 1.29 is 4.74 Å². The Bertz CT molecular complexity index is 504. The third-order valence-corrected chi connectivity index (χ3v) is 2.87. The molecule has 1 unspecified atom stereocenters. The SMILES string of the molecule is CCNC(COC)Cc1nccn2c(C)nnc12. The van der Waals surface area contributed by atoms with Crippen LogP contribution in [0.2, 0.25) is 0 Å². The van der Waals surface area contributed by atoms with Crippen molar-refractivity contribution in [3.8, 4) is 0 Å². The number of hydrogen-bond acceptors (Lipinski definition) is 5. The summed E-state index contributed by atoms with van der Waals surface area (Å²) in [5, 5.41) is 11.6. The lowest BCUT2D eigenvalue weighted by atomic mass is 10.1. The summed E-state index contributed by atoms with van der Waals surface area (Å²) >= 11 is 0. The molecule has 1 N–H and O–H groups in total. The van der Waals surface area contributed by atoms with E-state index in [1.165, 1.54) is 0 Å². The Morgan fingerprint density at radius 2 is 2.28 bits per heavy atom. The summed E-state index contributed by atoms with van der Waals surface area (Å²) in [4.78, 5) is 4.41. The smallest absolute Gasteiger partial charge is 0.182 e. The Labute approximate surface area is 106 Å². The molecule has 6 heteroatoms. The van der Waals surface area contributed by atoms with Crippen molar-refractivity contribution in [2.75, 3.05) is 20.3 Å². The quantitative estimate of drug-likeness (QED) is 0.812. The number of ether oxygens (including phenoxy) is 1. The van der Waals surface area contributed by atoms with E-state index in [0.717, 1.165) is 30.1 Å². The van der Waals surface area contributed by atoms with E-state index in [9.17, 15) is 0 Å². The molecule has 0 aliphatic heterocycles. The van der Waals surface area contributed by atoms with Gasteiger partial charge in [0.15, 0.2) is 5.65 Å². The molecule has 0 spiro atoms. The van der Waals surface area contributed by atoms with E-state index in [2.05, 4.69) is 27.4 Å². The minimum atomic E-state index is 0.246. The number of nitrogens with zero attached hydrogens (tertiary/aromatic N) is 4. The molecule has 0 fully saturated rings. The number of rotatable bonds is 6. The van der Waals surface area contributed by atoms with Gasteiger partial charge in [-0.3, -0.25) is 9.38 Å². The van der Waals surface area contributed by atoms with Crippen LogP contribution in [0.5, 0.6) is 0 Å². The second-order valence-corrected chi connectivity index (χ2v) is 4.23. The Balaban J connectivity index is 2.24. The summed E-state index contributed by atoms with van der Waals surface area (Å²) < 4.78 is 7.17. The maximum atomic E-state index is 5.21. The number of fused-ring (bicyclic) bond motifs is 1. The first-order valence-corrected chi connectivity index (χ1v) is 6.13. The van der Waals surface area contributed by atoms with E-state index in [1.807, 2.05) is 17.5 Å². The van der Waals surface area contributed by atoms with Gasteiger partial charge in [0, 0.05) is 32.0 Å². The normalized spacial score (nSPS) is 13.1. The average molecular weight is 249 g/mol. The average Bonchev–Trinajstić information content (AvgIpc) is 2.73. The van der Waals surface area contributed by atoms with Crippen molar-refractivity contribution in [3.05, 3.63) is 23.9 Å². The van der Waals surface area contributed by atoms with Crippen LogP contribution in [0.15, 0.2) is 12.4 Å². The molecule has 18 heavy (non-hydrogen) atoms. The summed E-state index contributed by atoms with van der Waals surface area (Å²) in [6, 6.07) is 0.246. The second kappa shape index (κ2) is 5.88. The van der Waals surface area contributed by atoms with Crippen LogP contribution >= 0.6 is 0 Å². The van der Waals surface area contributed by atoms with Crippen LogP contribution in [0, 0.1) is 6.92 Å². The molecule has 0 bridgehead atoms. The lowest BCUT2D eigenvalue weighted by molar-refractivity contribution is 0.166. The van der Waals surface area contributed by atoms with Gasteiger partial charge >= 0.3 is 0 Å². The van der Waals surface area contributed by atoms with E-state index in [0.29, 0.717) is 6.61 Å². The Kier molecular flexibility index (Phi) is 4.22. The van der Waals surface area contributed by atoms with Gasteiger partial charge in [0.05, 0.1) is 12.3 Å². The number of methoxy groups -OCH3 is 1. The molecule has 0 aromatic carbocycles. The summed E-state index contributed by atoms with van der Waals surface area (Å²) in [7, 11) is 1.71. The second-order valence-electron chi connectivity index (χ2n) is 4.23. The summed E-state index contributed by atoms with van der Waals surface area (Å²) in [5.41, 5.74) is 1.77. The van der Waals surface area contributed by atoms with E-state index in [4.69, 9.17) is 4.74 Å². The molecular weight excluding hydrogens is 230 g/mol. The molecule has 2 aromatic rings. The monoisotopic (exact) mass is 249 g/mol. The highest BCUT2D eigenvalue weighted by Gasteiger charge is 2.13. The third kappa shape index (κ3) is 2.65. The van der Waals surface area contributed by atoms with Crippen LogP contribution < -0.4 is 5.32 Å². The molecule has 0 saturated heterocycles. The Hall–Kier alpha value is -1.53. The first-order valence-electron chi connectivity index (χ1n) is 6.13. The van der Waals surface area contributed by atoms with E-state index < -0.39 is 0 Å². The molecule has 2 aromatic heterocycles. The van der Waals surface area contributed by atoms with Crippen molar-refractivity contribution in [1.82, 2.24) is 24.9 Å². The van der Waals surface area contributed by atoms with Crippen molar-refractivity contribution >= 4 is 5.65 Å². The van der Waals surface area contributed by atoms with Crippen molar-refractivity contribution in [2.45, 2.75) is 26.3 Å². The van der Waals surface area contributed by atoms with Gasteiger partial charge in [-0.15, -0.1) is 10.2 Å². The van der Waals surface area contributed by atoms with Crippen LogP contribution in [0.4, 0.5) is 0 Å². The number of nitrogens with one attached hydrogen (secondary N) is 1. The lowest BCUT2D eigenvalue weighted by Crippen LogP contribution is -2.35. The maximum Gasteiger partial charge on any atom is 0.182 e. The molecule has 0 amide bonds. The molecule has 6 nitrogen and oxygen atoms in total. The Morgan fingerprint density at radius 1 is 1.44 bits per heavy atom. The van der Waals surface area contributed by atoms with Crippen LogP contribution in [0.3, 0.4) is 0 Å². The van der Waals surface area contributed by atoms with Crippen LogP contribution in [-0.4, -0.2) is 45.9 Å². The zero-order valence-electron chi connectivity index (χ0n) is 11.1. The number of aromatic nitrogens is 4. The number of hydrogen-bond donors (Lipinski definition) is 1.